The fourth-order valence-electron chi connectivity index (χ4n) is 4.29. The highest BCUT2D eigenvalue weighted by Gasteiger charge is 2.48. The summed E-state index contributed by atoms with van der Waals surface area (Å²) in [5.74, 6) is 0.531. The predicted octanol–water partition coefficient (Wildman–Crippen LogP) is 3.69. The summed E-state index contributed by atoms with van der Waals surface area (Å²) in [6.07, 6.45) is 2.72. The Morgan fingerprint density at radius 3 is 2.58 bits per heavy atom. The van der Waals surface area contributed by atoms with Crippen molar-refractivity contribution in [3.8, 4) is 0 Å². The number of hydrogen-bond donors (Lipinski definition) is 1. The van der Waals surface area contributed by atoms with E-state index >= 15 is 0 Å². The van der Waals surface area contributed by atoms with Crippen molar-refractivity contribution in [3.05, 3.63) is 57.8 Å². The first-order valence-electron chi connectivity index (χ1n) is 8.78. The van der Waals surface area contributed by atoms with Gasteiger partial charge in [0.25, 0.3) is 0 Å². The van der Waals surface area contributed by atoms with Gasteiger partial charge in [0.15, 0.2) is 0 Å². The summed E-state index contributed by atoms with van der Waals surface area (Å²) in [6, 6.07) is 15.0. The Hall–Kier alpha value is -1.65. The molecule has 2 aromatic rings. The monoisotopic (exact) mass is 340 g/mol. The van der Waals surface area contributed by atoms with E-state index in [1.54, 1.807) is 0 Å². The van der Waals surface area contributed by atoms with Crippen LogP contribution >= 0.6 is 11.3 Å². The van der Waals surface area contributed by atoms with Crippen LogP contribution in [0.15, 0.2) is 42.5 Å². The van der Waals surface area contributed by atoms with Crippen molar-refractivity contribution >= 4 is 17.2 Å². The molecule has 3 heterocycles. The van der Waals surface area contributed by atoms with Crippen LogP contribution < -0.4 is 5.32 Å². The van der Waals surface area contributed by atoms with Gasteiger partial charge in [0.1, 0.15) is 0 Å². The van der Waals surface area contributed by atoms with Crippen molar-refractivity contribution in [1.82, 2.24) is 10.2 Å². The lowest BCUT2D eigenvalue weighted by Crippen LogP contribution is -2.53. The number of amides is 1. The predicted molar refractivity (Wildman–Crippen MR) is 98.2 cm³/mol. The van der Waals surface area contributed by atoms with E-state index in [2.05, 4.69) is 53.5 Å². The number of hydrogen-bond acceptors (Lipinski definition) is 3. The highest BCUT2D eigenvalue weighted by atomic mass is 32.1. The Morgan fingerprint density at radius 2 is 1.92 bits per heavy atom. The van der Waals surface area contributed by atoms with Crippen LogP contribution in [0.4, 0.5) is 0 Å². The molecular formula is C20H24N2OS. The van der Waals surface area contributed by atoms with Gasteiger partial charge in [0, 0.05) is 47.3 Å². The first kappa shape index (κ1) is 15.9. The molecule has 1 spiro atoms. The minimum atomic E-state index is -0.0414. The minimum Gasteiger partial charge on any atom is -0.350 e. The Kier molecular flexibility index (Phi) is 4.19. The Balaban J connectivity index is 1.47. The number of nitrogens with one attached hydrogen (secondary N) is 1. The van der Waals surface area contributed by atoms with E-state index in [-0.39, 0.29) is 11.4 Å². The fraction of sp³-hybridized carbons (Fsp3) is 0.450. The zero-order valence-corrected chi connectivity index (χ0v) is 14.9. The Morgan fingerprint density at radius 1 is 1.17 bits per heavy atom. The zero-order chi connectivity index (χ0) is 16.6. The Labute approximate surface area is 147 Å². The van der Waals surface area contributed by atoms with Crippen LogP contribution in [-0.2, 0) is 11.3 Å². The van der Waals surface area contributed by atoms with Crippen LogP contribution in [0.25, 0.3) is 0 Å². The van der Waals surface area contributed by atoms with Crippen molar-refractivity contribution < 1.29 is 4.79 Å². The third-order valence-electron chi connectivity index (χ3n) is 5.57. The average Bonchev–Trinajstić information content (AvgIpc) is 3.14. The zero-order valence-electron chi connectivity index (χ0n) is 14.1. The van der Waals surface area contributed by atoms with E-state index in [0.717, 1.165) is 32.5 Å². The number of rotatable bonds is 3. The molecular weight excluding hydrogens is 316 g/mol. The highest BCUT2D eigenvalue weighted by Crippen LogP contribution is 2.43. The second kappa shape index (κ2) is 6.34. The lowest BCUT2D eigenvalue weighted by atomic mass is 9.74. The normalized spacial score (nSPS) is 23.5. The Bertz CT molecular complexity index is 716. The van der Waals surface area contributed by atoms with Gasteiger partial charge in [-0.15, -0.1) is 11.3 Å². The van der Waals surface area contributed by atoms with Gasteiger partial charge in [-0.05, 0) is 37.5 Å². The maximum absolute atomic E-state index is 12.2. The van der Waals surface area contributed by atoms with Crippen molar-refractivity contribution in [2.24, 2.45) is 0 Å². The molecule has 24 heavy (non-hydrogen) atoms. The molecule has 1 aromatic carbocycles. The molecule has 4 rings (SSSR count). The summed E-state index contributed by atoms with van der Waals surface area (Å²) in [4.78, 5) is 17.5. The molecule has 1 atom stereocenters. The summed E-state index contributed by atoms with van der Waals surface area (Å²) in [6.45, 7) is 5.32. The fourth-order valence-corrected chi connectivity index (χ4v) is 5.23. The molecule has 1 amide bonds. The van der Waals surface area contributed by atoms with Crippen molar-refractivity contribution in [2.45, 2.75) is 44.2 Å². The van der Waals surface area contributed by atoms with Crippen molar-refractivity contribution in [1.29, 1.82) is 0 Å². The molecule has 2 fully saturated rings. The quantitative estimate of drug-likeness (QED) is 0.924. The maximum Gasteiger partial charge on any atom is 0.221 e. The smallest absolute Gasteiger partial charge is 0.221 e. The first-order chi connectivity index (χ1) is 11.6. The average molecular weight is 340 g/mol. The first-order valence-corrected chi connectivity index (χ1v) is 9.60. The van der Waals surface area contributed by atoms with Gasteiger partial charge in [0.05, 0.1) is 0 Å². The molecule has 2 aliphatic heterocycles. The summed E-state index contributed by atoms with van der Waals surface area (Å²) >= 11 is 1.89. The van der Waals surface area contributed by atoms with E-state index in [0.29, 0.717) is 12.3 Å². The molecule has 0 bridgehead atoms. The van der Waals surface area contributed by atoms with E-state index in [1.807, 2.05) is 17.4 Å². The minimum absolute atomic E-state index is 0.0414. The molecule has 4 heteroatoms. The van der Waals surface area contributed by atoms with Gasteiger partial charge in [0.2, 0.25) is 5.91 Å². The second-order valence-electron chi connectivity index (χ2n) is 7.16. The summed E-state index contributed by atoms with van der Waals surface area (Å²) in [5, 5.41) is 3.34. The van der Waals surface area contributed by atoms with Crippen LogP contribution in [0.5, 0.6) is 0 Å². The maximum atomic E-state index is 12.2. The number of carbonyl (C=O) groups is 1. The summed E-state index contributed by atoms with van der Waals surface area (Å²) in [5.41, 5.74) is 1.26. The molecule has 0 unspecified atom stereocenters. The number of benzene rings is 1. The molecule has 2 aliphatic rings. The molecule has 0 saturated carbocycles. The van der Waals surface area contributed by atoms with Gasteiger partial charge >= 0.3 is 0 Å². The number of likely N-dealkylation sites (tertiary alicyclic amines) is 1. The van der Waals surface area contributed by atoms with E-state index < -0.39 is 0 Å². The van der Waals surface area contributed by atoms with Crippen LogP contribution in [0.2, 0.25) is 0 Å². The van der Waals surface area contributed by atoms with Gasteiger partial charge in [-0.3, -0.25) is 9.69 Å². The molecule has 1 N–H and O–H groups in total. The van der Waals surface area contributed by atoms with E-state index in [4.69, 9.17) is 0 Å². The summed E-state index contributed by atoms with van der Waals surface area (Å²) in [7, 11) is 0. The lowest BCUT2D eigenvalue weighted by Gasteiger charge is -2.43. The topological polar surface area (TPSA) is 32.3 Å². The number of nitrogens with zero attached hydrogens (tertiary/aromatic N) is 1. The third kappa shape index (κ3) is 3.01. The SMILES string of the molecule is Cc1ccc(CN2CCC3(CC2)NC(=O)C[C@@H]3c2ccccc2)s1. The number of carbonyl (C=O) groups excluding carboxylic acids is 1. The van der Waals surface area contributed by atoms with E-state index in [1.165, 1.54) is 15.3 Å². The molecule has 126 valence electrons. The van der Waals surface area contributed by atoms with Crippen LogP contribution in [0, 0.1) is 6.92 Å². The van der Waals surface area contributed by atoms with Gasteiger partial charge in [-0.2, -0.15) is 0 Å². The van der Waals surface area contributed by atoms with Gasteiger partial charge in [-0.1, -0.05) is 30.3 Å². The van der Waals surface area contributed by atoms with Crippen molar-refractivity contribution in [2.75, 3.05) is 13.1 Å². The van der Waals surface area contributed by atoms with Gasteiger partial charge in [-0.25, -0.2) is 0 Å². The molecule has 1 aromatic heterocycles. The lowest BCUT2D eigenvalue weighted by molar-refractivity contribution is -0.120. The highest BCUT2D eigenvalue weighted by molar-refractivity contribution is 7.11. The van der Waals surface area contributed by atoms with E-state index in [9.17, 15) is 4.79 Å². The molecule has 0 radical (unpaired) electrons. The van der Waals surface area contributed by atoms with Crippen molar-refractivity contribution in [3.63, 3.8) is 0 Å². The standard InChI is InChI=1S/C20H24N2OS/c1-15-7-8-17(24-15)14-22-11-9-20(10-12-22)18(13-19(23)21-20)16-5-3-2-4-6-16/h2-8,18H,9-14H2,1H3,(H,21,23)/t18-/m1/s1. The molecule has 0 aliphatic carbocycles. The number of piperidine rings is 1. The van der Waals surface area contributed by atoms with Crippen LogP contribution in [-0.4, -0.2) is 29.4 Å². The number of aryl methyl sites for hydroxylation is 1. The number of thiophene rings is 1. The van der Waals surface area contributed by atoms with Gasteiger partial charge < -0.3 is 5.32 Å². The summed E-state index contributed by atoms with van der Waals surface area (Å²) < 4.78 is 0. The third-order valence-corrected chi connectivity index (χ3v) is 6.56. The second-order valence-corrected chi connectivity index (χ2v) is 8.53. The van der Waals surface area contributed by atoms with Crippen LogP contribution in [0.1, 0.15) is 40.5 Å². The molecule has 2 saturated heterocycles. The van der Waals surface area contributed by atoms with Crippen LogP contribution in [0.3, 0.4) is 0 Å². The largest absolute Gasteiger partial charge is 0.350 e. The molecule has 3 nitrogen and oxygen atoms in total.